The molecule has 1 saturated heterocycles. The SMILES string of the molecule is O=S1(=O)CCN(c2ncccc2CBr)CC1. The number of hydrogen-bond acceptors (Lipinski definition) is 4. The van der Waals surface area contributed by atoms with Gasteiger partial charge in [0.25, 0.3) is 0 Å². The summed E-state index contributed by atoms with van der Waals surface area (Å²) in [4.78, 5) is 6.36. The number of halogens is 1. The van der Waals surface area contributed by atoms with Gasteiger partial charge in [-0.15, -0.1) is 0 Å². The van der Waals surface area contributed by atoms with Gasteiger partial charge < -0.3 is 4.90 Å². The summed E-state index contributed by atoms with van der Waals surface area (Å²) in [5.41, 5.74) is 1.10. The van der Waals surface area contributed by atoms with E-state index in [-0.39, 0.29) is 11.5 Å². The van der Waals surface area contributed by atoms with Crippen molar-refractivity contribution in [3.63, 3.8) is 0 Å². The first-order chi connectivity index (χ1) is 7.62. The topological polar surface area (TPSA) is 50.3 Å². The van der Waals surface area contributed by atoms with E-state index in [1.54, 1.807) is 6.20 Å². The molecule has 16 heavy (non-hydrogen) atoms. The highest BCUT2D eigenvalue weighted by molar-refractivity contribution is 9.08. The number of rotatable bonds is 2. The van der Waals surface area contributed by atoms with Crippen molar-refractivity contribution in [1.29, 1.82) is 0 Å². The lowest BCUT2D eigenvalue weighted by molar-refractivity contribution is 0.586. The van der Waals surface area contributed by atoms with Crippen LogP contribution in [-0.4, -0.2) is 38.0 Å². The largest absolute Gasteiger partial charge is 0.354 e. The van der Waals surface area contributed by atoms with Crippen LogP contribution in [0.1, 0.15) is 5.56 Å². The van der Waals surface area contributed by atoms with Gasteiger partial charge >= 0.3 is 0 Å². The van der Waals surface area contributed by atoms with Gasteiger partial charge in [-0.1, -0.05) is 22.0 Å². The molecule has 0 unspecified atom stereocenters. The third-order valence-corrected chi connectivity index (χ3v) is 4.87. The zero-order valence-electron chi connectivity index (χ0n) is 8.76. The predicted octanol–water partition coefficient (Wildman–Crippen LogP) is 1.21. The van der Waals surface area contributed by atoms with Crippen LogP contribution < -0.4 is 4.90 Å². The fraction of sp³-hybridized carbons (Fsp3) is 0.500. The normalized spacial score (nSPS) is 19.7. The lowest BCUT2D eigenvalue weighted by Gasteiger charge is -2.29. The second kappa shape index (κ2) is 4.71. The Hall–Kier alpha value is -0.620. The van der Waals surface area contributed by atoms with E-state index in [4.69, 9.17) is 0 Å². The Morgan fingerprint density at radius 1 is 1.38 bits per heavy atom. The van der Waals surface area contributed by atoms with E-state index in [9.17, 15) is 8.42 Å². The van der Waals surface area contributed by atoms with Crippen molar-refractivity contribution < 1.29 is 8.42 Å². The number of aromatic nitrogens is 1. The number of anilines is 1. The van der Waals surface area contributed by atoms with Crippen LogP contribution in [0.3, 0.4) is 0 Å². The molecule has 4 nitrogen and oxygen atoms in total. The van der Waals surface area contributed by atoms with Crippen LogP contribution >= 0.6 is 15.9 Å². The Bertz CT molecular complexity index is 461. The van der Waals surface area contributed by atoms with E-state index >= 15 is 0 Å². The van der Waals surface area contributed by atoms with E-state index in [0.717, 1.165) is 16.7 Å². The molecule has 2 rings (SSSR count). The maximum Gasteiger partial charge on any atom is 0.153 e. The first-order valence-corrected chi connectivity index (χ1v) is 8.02. The zero-order chi connectivity index (χ0) is 11.6. The Balaban J connectivity index is 2.20. The second-order valence-corrected chi connectivity index (χ2v) is 6.62. The summed E-state index contributed by atoms with van der Waals surface area (Å²) >= 11 is 3.41. The summed E-state index contributed by atoms with van der Waals surface area (Å²) in [5.74, 6) is 1.35. The fourth-order valence-electron chi connectivity index (χ4n) is 1.74. The number of sulfone groups is 1. The molecule has 0 spiro atoms. The second-order valence-electron chi connectivity index (χ2n) is 3.76. The van der Waals surface area contributed by atoms with E-state index in [1.165, 1.54) is 0 Å². The average Bonchev–Trinajstić information content (AvgIpc) is 2.29. The molecule has 1 aliphatic rings. The van der Waals surface area contributed by atoms with E-state index in [0.29, 0.717) is 13.1 Å². The van der Waals surface area contributed by atoms with Gasteiger partial charge in [-0.3, -0.25) is 0 Å². The molecule has 0 bridgehead atoms. The quantitative estimate of drug-likeness (QED) is 0.771. The van der Waals surface area contributed by atoms with Crippen molar-refractivity contribution >= 4 is 31.6 Å². The molecular weight excluding hydrogens is 292 g/mol. The molecule has 0 amide bonds. The number of nitrogens with zero attached hydrogens (tertiary/aromatic N) is 2. The molecule has 0 aromatic carbocycles. The van der Waals surface area contributed by atoms with Gasteiger partial charge in [0.1, 0.15) is 5.82 Å². The monoisotopic (exact) mass is 304 g/mol. The number of hydrogen-bond donors (Lipinski definition) is 0. The Morgan fingerprint density at radius 3 is 2.69 bits per heavy atom. The molecule has 0 saturated carbocycles. The molecule has 2 heterocycles. The van der Waals surface area contributed by atoms with Gasteiger partial charge in [-0.25, -0.2) is 13.4 Å². The van der Waals surface area contributed by atoms with Gasteiger partial charge in [0.2, 0.25) is 0 Å². The van der Waals surface area contributed by atoms with Crippen LogP contribution in [0.2, 0.25) is 0 Å². The molecule has 6 heteroatoms. The molecule has 88 valence electrons. The van der Waals surface area contributed by atoms with Crippen LogP contribution in [0.15, 0.2) is 18.3 Å². The summed E-state index contributed by atoms with van der Waals surface area (Å²) in [6, 6.07) is 3.89. The lowest BCUT2D eigenvalue weighted by Crippen LogP contribution is -2.41. The van der Waals surface area contributed by atoms with Crippen LogP contribution in [0, 0.1) is 0 Å². The van der Waals surface area contributed by atoms with Crippen LogP contribution in [0.25, 0.3) is 0 Å². The van der Waals surface area contributed by atoms with Crippen molar-refractivity contribution in [2.45, 2.75) is 5.33 Å². The Labute approximate surface area is 104 Å². The minimum absolute atomic E-state index is 0.227. The van der Waals surface area contributed by atoms with Gasteiger partial charge in [0.15, 0.2) is 9.84 Å². The molecule has 1 aliphatic heterocycles. The molecule has 0 atom stereocenters. The molecule has 0 N–H and O–H groups in total. The third-order valence-electron chi connectivity index (χ3n) is 2.66. The summed E-state index contributed by atoms with van der Waals surface area (Å²) in [7, 11) is -2.82. The van der Waals surface area contributed by atoms with Crippen molar-refractivity contribution in [3.8, 4) is 0 Å². The highest BCUT2D eigenvalue weighted by atomic mass is 79.9. The lowest BCUT2D eigenvalue weighted by atomic mass is 10.2. The predicted molar refractivity (Wildman–Crippen MR) is 67.7 cm³/mol. The van der Waals surface area contributed by atoms with Crippen molar-refractivity contribution in [1.82, 2.24) is 4.98 Å². The van der Waals surface area contributed by atoms with Crippen molar-refractivity contribution in [2.75, 3.05) is 29.5 Å². The zero-order valence-corrected chi connectivity index (χ0v) is 11.2. The van der Waals surface area contributed by atoms with Gasteiger partial charge in [0, 0.05) is 30.2 Å². The Morgan fingerprint density at radius 2 is 2.06 bits per heavy atom. The summed E-state index contributed by atoms with van der Waals surface area (Å²) < 4.78 is 22.7. The standard InChI is InChI=1S/C10H13BrN2O2S/c11-8-9-2-1-3-12-10(9)13-4-6-16(14,15)7-5-13/h1-3H,4-8H2. The molecular formula is C10H13BrN2O2S. The molecule has 1 fully saturated rings. The summed E-state index contributed by atoms with van der Waals surface area (Å²) in [6.45, 7) is 1.08. The van der Waals surface area contributed by atoms with Crippen LogP contribution in [-0.2, 0) is 15.2 Å². The maximum atomic E-state index is 11.3. The van der Waals surface area contributed by atoms with E-state index < -0.39 is 9.84 Å². The maximum absolute atomic E-state index is 11.3. The van der Waals surface area contributed by atoms with Crippen molar-refractivity contribution in [3.05, 3.63) is 23.9 Å². The average molecular weight is 305 g/mol. The highest BCUT2D eigenvalue weighted by Crippen LogP contribution is 2.21. The van der Waals surface area contributed by atoms with Gasteiger partial charge in [-0.2, -0.15) is 0 Å². The van der Waals surface area contributed by atoms with E-state index in [1.807, 2.05) is 17.0 Å². The minimum Gasteiger partial charge on any atom is -0.354 e. The van der Waals surface area contributed by atoms with Crippen LogP contribution in [0.4, 0.5) is 5.82 Å². The van der Waals surface area contributed by atoms with Gasteiger partial charge in [0.05, 0.1) is 11.5 Å². The van der Waals surface area contributed by atoms with Crippen molar-refractivity contribution in [2.24, 2.45) is 0 Å². The summed E-state index contributed by atoms with van der Waals surface area (Å²) in [5, 5.41) is 0.736. The highest BCUT2D eigenvalue weighted by Gasteiger charge is 2.23. The number of alkyl halides is 1. The summed E-state index contributed by atoms with van der Waals surface area (Å²) in [6.07, 6.45) is 1.74. The Kier molecular flexibility index (Phi) is 3.49. The van der Waals surface area contributed by atoms with E-state index in [2.05, 4.69) is 20.9 Å². The van der Waals surface area contributed by atoms with Gasteiger partial charge in [-0.05, 0) is 6.07 Å². The van der Waals surface area contributed by atoms with Crippen LogP contribution in [0.5, 0.6) is 0 Å². The number of pyridine rings is 1. The minimum atomic E-state index is -2.82. The molecule has 0 radical (unpaired) electrons. The molecule has 1 aromatic heterocycles. The first-order valence-electron chi connectivity index (χ1n) is 5.07. The smallest absolute Gasteiger partial charge is 0.153 e. The first kappa shape index (κ1) is 11.9. The molecule has 1 aromatic rings. The third kappa shape index (κ3) is 2.55. The molecule has 0 aliphatic carbocycles. The fourth-order valence-corrected chi connectivity index (χ4v) is 3.38.